The van der Waals surface area contributed by atoms with Crippen molar-refractivity contribution in [1.82, 2.24) is 0 Å². The molecule has 0 unspecified atom stereocenters. The van der Waals surface area contributed by atoms with Gasteiger partial charge in [0.1, 0.15) is 0 Å². The molecule has 9 aromatic carbocycles. The molecule has 0 saturated heterocycles. The van der Waals surface area contributed by atoms with E-state index in [0.717, 1.165) is 17.1 Å². The molecule has 0 saturated carbocycles. The van der Waals surface area contributed by atoms with Crippen LogP contribution in [0.2, 0.25) is 0 Å². The molecule has 0 radical (unpaired) electrons. The van der Waals surface area contributed by atoms with Gasteiger partial charge in [0.2, 0.25) is 0 Å². The Morgan fingerprint density at radius 1 is 0.265 bits per heavy atom. The van der Waals surface area contributed by atoms with E-state index >= 15 is 0 Å². The van der Waals surface area contributed by atoms with Gasteiger partial charge in [-0.1, -0.05) is 152 Å². The molecule has 0 aliphatic rings. The van der Waals surface area contributed by atoms with Crippen molar-refractivity contribution < 1.29 is 0 Å². The lowest BCUT2D eigenvalue weighted by Gasteiger charge is -2.26. The van der Waals surface area contributed by atoms with Crippen LogP contribution < -0.4 is 4.90 Å². The summed E-state index contributed by atoms with van der Waals surface area (Å²) in [6, 6.07) is 72.3. The number of rotatable bonds is 6. The maximum absolute atomic E-state index is 2.35. The van der Waals surface area contributed by atoms with Crippen molar-refractivity contribution in [2.45, 2.75) is 0 Å². The molecule has 9 rings (SSSR count). The number of hydrogen-bond donors (Lipinski definition) is 0. The number of fused-ring (bicyclic) bond motifs is 5. The van der Waals surface area contributed by atoms with Crippen LogP contribution in [-0.2, 0) is 0 Å². The number of benzene rings is 9. The van der Waals surface area contributed by atoms with Crippen LogP contribution in [0.15, 0.2) is 200 Å². The zero-order valence-electron chi connectivity index (χ0n) is 27.0. The van der Waals surface area contributed by atoms with Crippen LogP contribution in [0, 0.1) is 0 Å². The zero-order valence-corrected chi connectivity index (χ0v) is 27.0. The van der Waals surface area contributed by atoms with Gasteiger partial charge in [-0.15, -0.1) is 0 Å². The normalized spacial score (nSPS) is 11.3. The largest absolute Gasteiger partial charge is 0.311 e. The van der Waals surface area contributed by atoms with Gasteiger partial charge in [0.05, 0.1) is 0 Å². The van der Waals surface area contributed by atoms with E-state index in [4.69, 9.17) is 0 Å². The van der Waals surface area contributed by atoms with Crippen LogP contribution in [0.1, 0.15) is 0 Å². The summed E-state index contributed by atoms with van der Waals surface area (Å²) in [6.07, 6.45) is 0. The summed E-state index contributed by atoms with van der Waals surface area (Å²) in [4.78, 5) is 2.33. The minimum atomic E-state index is 1.12. The van der Waals surface area contributed by atoms with Crippen LogP contribution in [0.3, 0.4) is 0 Å². The van der Waals surface area contributed by atoms with Crippen molar-refractivity contribution in [3.63, 3.8) is 0 Å². The Bertz CT molecular complexity index is 2550. The summed E-state index contributed by atoms with van der Waals surface area (Å²) in [6.45, 7) is 0. The van der Waals surface area contributed by atoms with Gasteiger partial charge in [-0.05, 0) is 114 Å². The lowest BCUT2D eigenvalue weighted by atomic mass is 9.90. The Balaban J connectivity index is 1.11. The standard InChI is InChI=1S/C48H33N/c1-3-12-34(13-4-1)38-16-11-17-39(32-38)35-22-27-42(28-23-35)49(41-18-5-2-6-19-41)43-29-24-37(25-30-43)47-33-40-15-8-10-21-45(40)48-44-20-9-7-14-36(44)26-31-46(47)48/h1-33H. The van der Waals surface area contributed by atoms with Gasteiger partial charge in [-0.3, -0.25) is 0 Å². The molecule has 0 fully saturated rings. The fourth-order valence-electron chi connectivity index (χ4n) is 7.24. The van der Waals surface area contributed by atoms with Gasteiger partial charge in [0.15, 0.2) is 0 Å². The van der Waals surface area contributed by atoms with Gasteiger partial charge in [-0.2, -0.15) is 0 Å². The topological polar surface area (TPSA) is 3.24 Å². The van der Waals surface area contributed by atoms with Crippen molar-refractivity contribution in [2.24, 2.45) is 0 Å². The zero-order chi connectivity index (χ0) is 32.6. The van der Waals surface area contributed by atoms with Crippen molar-refractivity contribution in [2.75, 3.05) is 4.90 Å². The van der Waals surface area contributed by atoms with Crippen LogP contribution in [0.4, 0.5) is 17.1 Å². The SMILES string of the molecule is c1ccc(-c2cccc(-c3ccc(N(c4ccccc4)c4ccc(-c5cc6ccccc6c6c5ccc5ccccc56)cc4)cc3)c2)cc1. The Kier molecular flexibility index (Phi) is 7.22. The molecular weight excluding hydrogens is 591 g/mol. The van der Waals surface area contributed by atoms with E-state index in [0.29, 0.717) is 0 Å². The van der Waals surface area contributed by atoms with Crippen LogP contribution in [-0.4, -0.2) is 0 Å². The molecule has 0 N–H and O–H groups in total. The van der Waals surface area contributed by atoms with E-state index in [1.54, 1.807) is 0 Å². The second-order valence-electron chi connectivity index (χ2n) is 12.6. The highest BCUT2D eigenvalue weighted by molar-refractivity contribution is 6.24. The summed E-state index contributed by atoms with van der Waals surface area (Å²) in [5, 5.41) is 7.69. The fourth-order valence-corrected chi connectivity index (χ4v) is 7.24. The van der Waals surface area contributed by atoms with E-state index in [1.165, 1.54) is 65.7 Å². The Morgan fingerprint density at radius 2 is 0.755 bits per heavy atom. The van der Waals surface area contributed by atoms with E-state index in [2.05, 4.69) is 205 Å². The first kappa shape index (κ1) is 28.8. The summed E-state index contributed by atoms with van der Waals surface area (Å²) < 4.78 is 0. The summed E-state index contributed by atoms with van der Waals surface area (Å²) in [7, 11) is 0. The predicted molar refractivity (Wildman–Crippen MR) is 210 cm³/mol. The first-order valence-electron chi connectivity index (χ1n) is 16.8. The molecular formula is C48H33N. The predicted octanol–water partition coefficient (Wildman–Crippen LogP) is 13.6. The van der Waals surface area contributed by atoms with E-state index in [9.17, 15) is 0 Å². The lowest BCUT2D eigenvalue weighted by Crippen LogP contribution is -2.09. The maximum Gasteiger partial charge on any atom is 0.0462 e. The molecule has 0 aromatic heterocycles. The van der Waals surface area contributed by atoms with Gasteiger partial charge in [-0.25, -0.2) is 0 Å². The van der Waals surface area contributed by atoms with Crippen molar-refractivity contribution in [1.29, 1.82) is 0 Å². The quantitative estimate of drug-likeness (QED) is 0.167. The molecule has 0 amide bonds. The van der Waals surface area contributed by atoms with Gasteiger partial charge < -0.3 is 4.90 Å². The molecule has 0 bridgehead atoms. The lowest BCUT2D eigenvalue weighted by molar-refractivity contribution is 1.28. The van der Waals surface area contributed by atoms with Gasteiger partial charge in [0, 0.05) is 17.1 Å². The third-order valence-corrected chi connectivity index (χ3v) is 9.63. The van der Waals surface area contributed by atoms with Crippen molar-refractivity contribution in [3.8, 4) is 33.4 Å². The van der Waals surface area contributed by atoms with E-state index in [1.807, 2.05) is 0 Å². The smallest absolute Gasteiger partial charge is 0.0462 e. The highest BCUT2D eigenvalue weighted by Gasteiger charge is 2.15. The van der Waals surface area contributed by atoms with Crippen molar-refractivity contribution in [3.05, 3.63) is 200 Å². The van der Waals surface area contributed by atoms with E-state index in [-0.39, 0.29) is 0 Å². The highest BCUT2D eigenvalue weighted by Crippen LogP contribution is 2.41. The Hall–Kier alpha value is -6.44. The molecule has 1 nitrogen and oxygen atoms in total. The highest BCUT2D eigenvalue weighted by atomic mass is 15.1. The van der Waals surface area contributed by atoms with Gasteiger partial charge >= 0.3 is 0 Å². The molecule has 0 aliphatic carbocycles. The molecule has 0 heterocycles. The van der Waals surface area contributed by atoms with Crippen LogP contribution >= 0.6 is 0 Å². The molecule has 230 valence electrons. The first-order valence-corrected chi connectivity index (χ1v) is 16.8. The average Bonchev–Trinajstić information content (AvgIpc) is 3.19. The Labute approximate surface area is 287 Å². The molecule has 1 heteroatoms. The monoisotopic (exact) mass is 623 g/mol. The number of hydrogen-bond acceptors (Lipinski definition) is 1. The molecule has 49 heavy (non-hydrogen) atoms. The van der Waals surface area contributed by atoms with E-state index < -0.39 is 0 Å². The third kappa shape index (κ3) is 5.32. The van der Waals surface area contributed by atoms with Crippen LogP contribution in [0.5, 0.6) is 0 Å². The summed E-state index contributed by atoms with van der Waals surface area (Å²) in [5.74, 6) is 0. The maximum atomic E-state index is 2.35. The molecule has 0 aliphatic heterocycles. The fraction of sp³-hybridized carbons (Fsp3) is 0. The average molecular weight is 624 g/mol. The van der Waals surface area contributed by atoms with Gasteiger partial charge in [0.25, 0.3) is 0 Å². The van der Waals surface area contributed by atoms with Crippen LogP contribution in [0.25, 0.3) is 65.7 Å². The second kappa shape index (κ2) is 12.3. The molecule has 0 atom stereocenters. The third-order valence-electron chi connectivity index (χ3n) is 9.63. The minimum Gasteiger partial charge on any atom is -0.311 e. The van der Waals surface area contributed by atoms with Crippen molar-refractivity contribution >= 4 is 49.4 Å². The Morgan fingerprint density at radius 3 is 1.43 bits per heavy atom. The molecule has 0 spiro atoms. The number of para-hydroxylation sites is 1. The molecule has 9 aromatic rings. The second-order valence-corrected chi connectivity index (χ2v) is 12.6. The first-order chi connectivity index (χ1) is 24.3. The number of nitrogens with zero attached hydrogens (tertiary/aromatic N) is 1. The minimum absolute atomic E-state index is 1.12. The number of anilines is 3. The summed E-state index contributed by atoms with van der Waals surface area (Å²) in [5.41, 5.74) is 10.7. The summed E-state index contributed by atoms with van der Waals surface area (Å²) >= 11 is 0.